The summed E-state index contributed by atoms with van der Waals surface area (Å²) in [6.45, 7) is 6.69. The number of aromatic nitrogens is 3. The van der Waals surface area contributed by atoms with Gasteiger partial charge in [0.05, 0.1) is 17.8 Å². The first-order chi connectivity index (χ1) is 18.5. The Morgan fingerprint density at radius 3 is 2.63 bits per heavy atom. The zero-order chi connectivity index (χ0) is 26.6. The summed E-state index contributed by atoms with van der Waals surface area (Å²) in [4.78, 5) is 28.0. The highest BCUT2D eigenvalue weighted by molar-refractivity contribution is 7.07. The van der Waals surface area contributed by atoms with Crippen LogP contribution < -0.4 is 25.4 Å². The number of fused-ring (bicyclic) bond motifs is 1. The maximum atomic E-state index is 13.0. The lowest BCUT2D eigenvalue weighted by Crippen LogP contribution is -2.40. The van der Waals surface area contributed by atoms with Gasteiger partial charge in [0, 0.05) is 49.5 Å². The molecule has 0 bridgehead atoms. The number of carbonyl (C=O) groups is 1. The van der Waals surface area contributed by atoms with Crippen molar-refractivity contribution in [2.45, 2.75) is 71.0 Å². The molecule has 0 unspecified atom stereocenters. The predicted octanol–water partition coefficient (Wildman–Crippen LogP) is 2.52. The standard InChI is InChI=1S/C28H35N7O2S/c1-3-30-26(36)23(16-29)28-34(4-2)27(37)25(38-28)18-31-20-9-10-24-19(15-20)17-32-35(24)22-11-13-33(14-12-22)21-7-5-6-8-21/h9-10,15,17-18,21-22,31H,3-8,11-14H2,1-2H3,(H,30,36)/b25-18-,28-23+. The van der Waals surface area contributed by atoms with Crippen molar-refractivity contribution in [3.05, 3.63) is 43.9 Å². The van der Waals surface area contributed by atoms with Crippen LogP contribution in [-0.4, -0.2) is 50.8 Å². The van der Waals surface area contributed by atoms with Crippen molar-refractivity contribution in [3.63, 3.8) is 0 Å². The number of nitrogens with zero attached hydrogens (tertiary/aromatic N) is 5. The van der Waals surface area contributed by atoms with E-state index in [2.05, 4.69) is 26.3 Å². The van der Waals surface area contributed by atoms with Gasteiger partial charge in [-0.3, -0.25) is 18.8 Å². The Balaban J connectivity index is 1.35. The summed E-state index contributed by atoms with van der Waals surface area (Å²) in [5.74, 6) is -0.468. The summed E-state index contributed by atoms with van der Waals surface area (Å²) in [5, 5.41) is 21.2. The number of hydrogen-bond acceptors (Lipinski definition) is 7. The Morgan fingerprint density at radius 2 is 1.95 bits per heavy atom. The molecule has 3 heterocycles. The molecule has 1 aromatic carbocycles. The Morgan fingerprint density at radius 1 is 1.18 bits per heavy atom. The van der Waals surface area contributed by atoms with Gasteiger partial charge in [0.15, 0.2) is 5.57 Å². The third-order valence-electron chi connectivity index (χ3n) is 7.77. The smallest absolute Gasteiger partial charge is 0.270 e. The van der Waals surface area contributed by atoms with E-state index in [-0.39, 0.29) is 11.1 Å². The third-order valence-corrected chi connectivity index (χ3v) is 8.90. The first-order valence-corrected chi connectivity index (χ1v) is 14.5. The molecule has 0 spiro atoms. The molecule has 1 aliphatic carbocycles. The lowest BCUT2D eigenvalue weighted by atomic mass is 10.0. The fourth-order valence-corrected chi connectivity index (χ4v) is 6.87. The van der Waals surface area contributed by atoms with Crippen LogP contribution in [0.15, 0.2) is 29.2 Å². The molecule has 1 amide bonds. The Labute approximate surface area is 226 Å². The molecule has 3 aromatic rings. The molecule has 10 heteroatoms. The maximum Gasteiger partial charge on any atom is 0.270 e. The maximum absolute atomic E-state index is 13.0. The average Bonchev–Trinajstić information content (AvgIpc) is 3.68. The third kappa shape index (κ3) is 5.13. The number of carbonyl (C=O) groups excluding carboxylic acids is 1. The Hall–Kier alpha value is -3.42. The van der Waals surface area contributed by atoms with E-state index in [1.54, 1.807) is 13.1 Å². The van der Waals surface area contributed by atoms with Gasteiger partial charge in [-0.1, -0.05) is 12.8 Å². The lowest BCUT2D eigenvalue weighted by molar-refractivity contribution is -0.115. The van der Waals surface area contributed by atoms with E-state index in [4.69, 9.17) is 5.10 Å². The van der Waals surface area contributed by atoms with Crippen molar-refractivity contribution >= 4 is 45.6 Å². The molecule has 200 valence electrons. The minimum Gasteiger partial charge on any atom is -0.360 e. The van der Waals surface area contributed by atoms with E-state index < -0.39 is 5.91 Å². The molecule has 1 saturated heterocycles. The molecule has 1 aliphatic heterocycles. The SMILES string of the molecule is CCNC(=O)/C(C#N)=c1/s/c(=C\Nc2ccc3c(cnn3C3CCN(C4CCCC4)CC3)c2)c(=O)n1CC. The van der Waals surface area contributed by atoms with Crippen molar-refractivity contribution < 1.29 is 4.79 Å². The highest BCUT2D eigenvalue weighted by Gasteiger charge is 2.28. The zero-order valence-electron chi connectivity index (χ0n) is 22.1. The topological polar surface area (TPSA) is 108 Å². The molecule has 0 atom stereocenters. The number of hydrogen-bond donors (Lipinski definition) is 2. The van der Waals surface area contributed by atoms with E-state index >= 15 is 0 Å². The van der Waals surface area contributed by atoms with Crippen molar-refractivity contribution in [2.24, 2.45) is 0 Å². The predicted molar refractivity (Wildman–Crippen MR) is 151 cm³/mol. The largest absolute Gasteiger partial charge is 0.360 e. The summed E-state index contributed by atoms with van der Waals surface area (Å²) < 4.78 is 4.45. The Kier molecular flexibility index (Phi) is 7.95. The van der Waals surface area contributed by atoms with Gasteiger partial charge >= 0.3 is 0 Å². The monoisotopic (exact) mass is 533 g/mol. The second-order valence-corrected chi connectivity index (χ2v) is 11.1. The van der Waals surface area contributed by atoms with Gasteiger partial charge < -0.3 is 15.5 Å². The van der Waals surface area contributed by atoms with Gasteiger partial charge in [-0.15, -0.1) is 11.3 Å². The van der Waals surface area contributed by atoms with Gasteiger partial charge in [0.1, 0.15) is 15.3 Å². The van der Waals surface area contributed by atoms with E-state index in [0.29, 0.717) is 28.3 Å². The van der Waals surface area contributed by atoms with Gasteiger partial charge in [-0.05, 0) is 57.7 Å². The second kappa shape index (κ2) is 11.5. The van der Waals surface area contributed by atoms with Crippen LogP contribution in [0.4, 0.5) is 5.69 Å². The summed E-state index contributed by atoms with van der Waals surface area (Å²) in [6, 6.07) is 9.30. The molecular formula is C28H35N7O2S. The quantitative estimate of drug-likeness (QED) is 0.483. The number of benzene rings is 1. The van der Waals surface area contributed by atoms with E-state index in [1.165, 1.54) is 30.3 Å². The second-order valence-electron chi connectivity index (χ2n) is 10.0. The van der Waals surface area contributed by atoms with Crippen LogP contribution in [-0.2, 0) is 11.3 Å². The Bertz CT molecular complexity index is 1530. The molecule has 2 aromatic heterocycles. The highest BCUT2D eigenvalue weighted by atomic mass is 32.1. The van der Waals surface area contributed by atoms with E-state index in [0.717, 1.165) is 59.9 Å². The van der Waals surface area contributed by atoms with Crippen molar-refractivity contribution in [2.75, 3.05) is 25.0 Å². The number of amides is 1. The van der Waals surface area contributed by atoms with Gasteiger partial charge in [0.25, 0.3) is 11.5 Å². The number of thiazole rings is 1. The van der Waals surface area contributed by atoms with E-state index in [1.807, 2.05) is 31.3 Å². The minimum absolute atomic E-state index is 0.0432. The molecular weight excluding hydrogens is 498 g/mol. The molecule has 2 fully saturated rings. The average molecular weight is 534 g/mol. The molecule has 38 heavy (non-hydrogen) atoms. The summed E-state index contributed by atoms with van der Waals surface area (Å²) >= 11 is 1.14. The summed E-state index contributed by atoms with van der Waals surface area (Å²) in [7, 11) is 0. The van der Waals surface area contributed by atoms with Crippen LogP contribution in [0.1, 0.15) is 58.4 Å². The number of likely N-dealkylation sites (tertiary alicyclic amines) is 1. The van der Waals surface area contributed by atoms with Crippen molar-refractivity contribution in [3.8, 4) is 6.07 Å². The van der Waals surface area contributed by atoms with Crippen LogP contribution in [0.5, 0.6) is 0 Å². The first kappa shape index (κ1) is 26.2. The normalized spacial score (nSPS) is 18.6. The molecule has 1 saturated carbocycles. The molecule has 9 nitrogen and oxygen atoms in total. The first-order valence-electron chi connectivity index (χ1n) is 13.6. The van der Waals surface area contributed by atoms with Crippen LogP contribution in [0, 0.1) is 11.3 Å². The van der Waals surface area contributed by atoms with Crippen LogP contribution in [0.3, 0.4) is 0 Å². The van der Waals surface area contributed by atoms with Crippen LogP contribution in [0.25, 0.3) is 22.7 Å². The highest BCUT2D eigenvalue weighted by Crippen LogP contribution is 2.31. The van der Waals surface area contributed by atoms with Crippen molar-refractivity contribution in [1.82, 2.24) is 24.6 Å². The molecule has 5 rings (SSSR count). The minimum atomic E-state index is -0.468. The number of anilines is 1. The molecule has 0 radical (unpaired) electrons. The molecule has 2 aliphatic rings. The van der Waals surface area contributed by atoms with Gasteiger partial charge in [-0.2, -0.15) is 10.4 Å². The number of nitrogens with one attached hydrogen (secondary N) is 2. The van der Waals surface area contributed by atoms with Gasteiger partial charge in [0.2, 0.25) is 0 Å². The number of rotatable bonds is 7. The van der Waals surface area contributed by atoms with Crippen molar-refractivity contribution in [1.29, 1.82) is 5.26 Å². The molecule has 2 N–H and O–H groups in total. The number of piperidine rings is 1. The fraction of sp³-hybridized carbons (Fsp3) is 0.500. The van der Waals surface area contributed by atoms with Crippen LogP contribution >= 0.6 is 11.3 Å². The van der Waals surface area contributed by atoms with E-state index in [9.17, 15) is 14.9 Å². The number of nitriles is 1. The van der Waals surface area contributed by atoms with Gasteiger partial charge in [-0.25, -0.2) is 0 Å². The van der Waals surface area contributed by atoms with Crippen LogP contribution in [0.2, 0.25) is 0 Å². The fourth-order valence-electron chi connectivity index (χ4n) is 5.78. The zero-order valence-corrected chi connectivity index (χ0v) is 22.9. The summed E-state index contributed by atoms with van der Waals surface area (Å²) in [5.41, 5.74) is 1.70. The lowest BCUT2D eigenvalue weighted by Gasteiger charge is -2.36. The summed E-state index contributed by atoms with van der Waals surface area (Å²) in [6.07, 6.45) is 11.3.